The van der Waals surface area contributed by atoms with Crippen LogP contribution in [0.4, 0.5) is 0 Å². The highest BCUT2D eigenvalue weighted by Crippen LogP contribution is 2.55. The second kappa shape index (κ2) is 13.6. The first kappa shape index (κ1) is 32.1. The Kier molecular flexibility index (Phi) is 8.91. The predicted molar refractivity (Wildman–Crippen MR) is 206 cm³/mol. The number of hydrogen-bond donors (Lipinski definition) is 1. The van der Waals surface area contributed by atoms with Crippen LogP contribution < -0.4 is 0 Å². The van der Waals surface area contributed by atoms with Gasteiger partial charge in [0.2, 0.25) is 0 Å². The molecule has 250 valence electrons. The van der Waals surface area contributed by atoms with E-state index in [9.17, 15) is 5.41 Å². The number of allylic oxidation sites excluding steroid dienone is 16. The van der Waals surface area contributed by atoms with Gasteiger partial charge in [-0.3, -0.25) is 5.41 Å². The van der Waals surface area contributed by atoms with Crippen LogP contribution in [0.15, 0.2) is 160 Å². The van der Waals surface area contributed by atoms with E-state index in [0.717, 1.165) is 56.9 Å². The summed E-state index contributed by atoms with van der Waals surface area (Å²) in [7, 11) is 0. The Morgan fingerprint density at radius 1 is 0.857 bits per heavy atom. The summed E-state index contributed by atoms with van der Waals surface area (Å²) in [6.07, 6.45) is 44.8. The molecule has 0 fully saturated rings. The molecule has 0 saturated carbocycles. The lowest BCUT2D eigenvalue weighted by Crippen LogP contribution is -2.54. The Balaban J connectivity index is 1.18. The minimum Gasteiger partial charge on any atom is -0.341 e. The molecule has 1 N–H and O–H groups in total. The molecule has 0 radical (unpaired) electrons. The number of amidine groups is 1. The van der Waals surface area contributed by atoms with E-state index < -0.39 is 0 Å². The van der Waals surface area contributed by atoms with Crippen molar-refractivity contribution in [2.75, 3.05) is 0 Å². The van der Waals surface area contributed by atoms with Gasteiger partial charge in [0.15, 0.2) is 0 Å². The molecule has 0 heterocycles. The SMILES string of the molecule is C=C1C=CC(N(C(=N)C2=CCCC=C2)C2(C)C=CC(C3C4=CCCC=C4C(C4=CCCCC4)=C4C=CC(c5ccccc5)CC43)=CC2)CC1. The molecule has 0 spiro atoms. The smallest absolute Gasteiger partial charge is 0.128 e. The van der Waals surface area contributed by atoms with Gasteiger partial charge in [0, 0.05) is 17.4 Å². The summed E-state index contributed by atoms with van der Waals surface area (Å²) in [5, 5.41) is 9.56. The summed E-state index contributed by atoms with van der Waals surface area (Å²) in [5.41, 5.74) is 12.7. The molecular formula is C47H52N2. The van der Waals surface area contributed by atoms with Crippen molar-refractivity contribution in [3.8, 4) is 0 Å². The van der Waals surface area contributed by atoms with Crippen molar-refractivity contribution in [2.24, 2.45) is 11.8 Å². The summed E-state index contributed by atoms with van der Waals surface area (Å²) in [4.78, 5) is 2.42. The molecule has 8 rings (SSSR count). The van der Waals surface area contributed by atoms with Crippen LogP contribution >= 0.6 is 0 Å². The Bertz CT molecular complexity index is 1830. The first-order valence-electron chi connectivity index (χ1n) is 19.1. The molecule has 2 heteroatoms. The maximum Gasteiger partial charge on any atom is 0.128 e. The summed E-state index contributed by atoms with van der Waals surface area (Å²) < 4.78 is 0. The van der Waals surface area contributed by atoms with E-state index in [1.807, 2.05) is 0 Å². The third-order valence-corrected chi connectivity index (χ3v) is 12.2. The van der Waals surface area contributed by atoms with Gasteiger partial charge in [-0.2, -0.15) is 0 Å². The maximum absolute atomic E-state index is 9.56. The fraction of sp³-hybridized carbons (Fsp3) is 0.383. The van der Waals surface area contributed by atoms with Gasteiger partial charge in [0.1, 0.15) is 5.84 Å². The van der Waals surface area contributed by atoms with E-state index in [1.54, 1.807) is 22.3 Å². The Labute approximate surface area is 294 Å². The Morgan fingerprint density at radius 2 is 1.71 bits per heavy atom. The van der Waals surface area contributed by atoms with Gasteiger partial charge >= 0.3 is 0 Å². The number of hydrogen-bond acceptors (Lipinski definition) is 1. The van der Waals surface area contributed by atoms with E-state index in [2.05, 4.69) is 128 Å². The van der Waals surface area contributed by atoms with E-state index in [1.165, 1.54) is 48.0 Å². The van der Waals surface area contributed by atoms with Crippen molar-refractivity contribution in [3.05, 3.63) is 166 Å². The molecule has 7 aliphatic rings. The highest BCUT2D eigenvalue weighted by molar-refractivity contribution is 5.99. The molecule has 0 amide bonds. The van der Waals surface area contributed by atoms with Gasteiger partial charge in [0.05, 0.1) is 11.6 Å². The van der Waals surface area contributed by atoms with Gasteiger partial charge in [-0.25, -0.2) is 0 Å². The summed E-state index contributed by atoms with van der Waals surface area (Å²) in [6, 6.07) is 11.3. The largest absolute Gasteiger partial charge is 0.341 e. The van der Waals surface area contributed by atoms with E-state index >= 15 is 0 Å². The third kappa shape index (κ3) is 6.13. The second-order valence-corrected chi connectivity index (χ2v) is 15.4. The molecule has 1 aromatic rings. The van der Waals surface area contributed by atoms with Crippen LogP contribution in [-0.2, 0) is 0 Å². The first-order valence-corrected chi connectivity index (χ1v) is 19.1. The number of fused-ring (bicyclic) bond motifs is 2. The lowest BCUT2D eigenvalue weighted by Gasteiger charge is -2.48. The molecule has 0 saturated heterocycles. The van der Waals surface area contributed by atoms with Gasteiger partial charge < -0.3 is 4.90 Å². The fourth-order valence-electron chi connectivity index (χ4n) is 9.65. The van der Waals surface area contributed by atoms with Gasteiger partial charge in [-0.1, -0.05) is 121 Å². The molecule has 2 nitrogen and oxygen atoms in total. The van der Waals surface area contributed by atoms with Crippen LogP contribution in [0, 0.1) is 17.2 Å². The minimum absolute atomic E-state index is 0.181. The molecule has 0 aliphatic heterocycles. The maximum atomic E-state index is 9.56. The normalized spacial score (nSPS) is 30.8. The Hall–Kier alpha value is -4.17. The molecule has 7 aliphatic carbocycles. The molecule has 0 bridgehead atoms. The lowest BCUT2D eigenvalue weighted by molar-refractivity contribution is 0.200. The topological polar surface area (TPSA) is 27.1 Å². The minimum atomic E-state index is -0.287. The van der Waals surface area contributed by atoms with Crippen LogP contribution in [0.25, 0.3) is 0 Å². The molecule has 49 heavy (non-hydrogen) atoms. The number of nitrogens with zero attached hydrogens (tertiary/aromatic N) is 1. The highest BCUT2D eigenvalue weighted by atomic mass is 15.3. The molecule has 0 aromatic heterocycles. The second-order valence-electron chi connectivity index (χ2n) is 15.4. The van der Waals surface area contributed by atoms with Crippen LogP contribution in [0.2, 0.25) is 0 Å². The van der Waals surface area contributed by atoms with E-state index in [4.69, 9.17) is 0 Å². The van der Waals surface area contributed by atoms with Crippen molar-refractivity contribution in [2.45, 2.75) is 101 Å². The number of nitrogens with one attached hydrogen (secondary N) is 1. The number of benzene rings is 1. The number of rotatable bonds is 6. The first-order chi connectivity index (χ1) is 24.0. The van der Waals surface area contributed by atoms with Gasteiger partial charge in [-0.05, 0) is 129 Å². The summed E-state index contributed by atoms with van der Waals surface area (Å²) in [6.45, 7) is 6.59. The Morgan fingerprint density at radius 3 is 2.45 bits per heavy atom. The standard InChI is InChI=1S/C47H52N2/c1-33-22-25-39(26-23-33)49(46(48)37-18-10-5-11-19-37)47(2)30-28-36(29-31-47)45-41-21-13-12-20-40(41)44(35-16-8-4-9-17-35)42-27-24-38(32-43(42)45)34-14-6-3-7-15-34/h3,6-7,10,14-16,18-22,24-25,27-30,38-39,43,45,48H,1,4-5,8-9,11-13,17,23,26,31-32H2,2H3. The lowest BCUT2D eigenvalue weighted by atomic mass is 9.59. The van der Waals surface area contributed by atoms with Crippen molar-refractivity contribution < 1.29 is 0 Å². The predicted octanol–water partition coefficient (Wildman–Crippen LogP) is 11.9. The zero-order valence-corrected chi connectivity index (χ0v) is 29.3. The fourth-order valence-corrected chi connectivity index (χ4v) is 9.65. The van der Waals surface area contributed by atoms with Crippen LogP contribution in [-0.4, -0.2) is 22.3 Å². The molecular weight excluding hydrogens is 593 g/mol. The monoisotopic (exact) mass is 644 g/mol. The van der Waals surface area contributed by atoms with Crippen molar-refractivity contribution in [1.82, 2.24) is 4.90 Å². The average Bonchev–Trinajstić information content (AvgIpc) is 3.16. The van der Waals surface area contributed by atoms with E-state index in [0.29, 0.717) is 23.6 Å². The van der Waals surface area contributed by atoms with Gasteiger partial charge in [0.25, 0.3) is 0 Å². The molecule has 5 unspecified atom stereocenters. The zero-order valence-electron chi connectivity index (χ0n) is 29.3. The van der Waals surface area contributed by atoms with Crippen LogP contribution in [0.1, 0.15) is 95.5 Å². The van der Waals surface area contributed by atoms with Crippen LogP contribution in [0.5, 0.6) is 0 Å². The van der Waals surface area contributed by atoms with E-state index in [-0.39, 0.29) is 11.6 Å². The van der Waals surface area contributed by atoms with Crippen molar-refractivity contribution >= 4 is 5.84 Å². The van der Waals surface area contributed by atoms with Crippen LogP contribution in [0.3, 0.4) is 0 Å². The quantitative estimate of drug-likeness (QED) is 0.242. The van der Waals surface area contributed by atoms with Crippen molar-refractivity contribution in [1.29, 1.82) is 5.41 Å². The summed E-state index contributed by atoms with van der Waals surface area (Å²) in [5.74, 6) is 1.86. The zero-order chi connectivity index (χ0) is 33.4. The summed E-state index contributed by atoms with van der Waals surface area (Å²) >= 11 is 0. The molecule has 5 atom stereocenters. The average molecular weight is 645 g/mol. The van der Waals surface area contributed by atoms with Crippen molar-refractivity contribution in [3.63, 3.8) is 0 Å². The molecule has 1 aromatic carbocycles. The third-order valence-electron chi connectivity index (χ3n) is 12.2. The highest BCUT2D eigenvalue weighted by Gasteiger charge is 2.44. The van der Waals surface area contributed by atoms with Gasteiger partial charge in [-0.15, -0.1) is 0 Å².